The van der Waals surface area contributed by atoms with Gasteiger partial charge in [-0.2, -0.15) is 0 Å². The van der Waals surface area contributed by atoms with E-state index in [0.29, 0.717) is 18.4 Å². The number of hydrogen-bond acceptors (Lipinski definition) is 4. The highest BCUT2D eigenvalue weighted by atomic mass is 16.2. The average molecular weight is 376 g/mol. The van der Waals surface area contributed by atoms with Gasteiger partial charge in [0.05, 0.1) is 0 Å². The van der Waals surface area contributed by atoms with Crippen LogP contribution in [0.3, 0.4) is 0 Å². The molecule has 3 rings (SSSR count). The molecule has 1 amide bonds. The van der Waals surface area contributed by atoms with E-state index in [1.165, 1.54) is 25.7 Å². The lowest BCUT2D eigenvalue weighted by Gasteiger charge is -2.18. The minimum absolute atomic E-state index is 0.294. The topological polar surface area (TPSA) is 87.4 Å². The number of rotatable bonds is 9. The summed E-state index contributed by atoms with van der Waals surface area (Å²) in [6.45, 7) is 6.16. The molecule has 2 fully saturated rings. The zero-order valence-electron chi connectivity index (χ0n) is 16.5. The first kappa shape index (κ1) is 19.6. The molecule has 0 aromatic carbocycles. The molecule has 2 aliphatic rings. The standard InChI is InChI=1S/C19H33N7O/c1-2-17-24-22-15-26(17)14-11-21-19(23-16-7-3-4-8-16)20-10-6-13-25-12-5-9-18(25)27/h15-16H,2-14H2,1H3,(H2,20,21,23). The number of carbonyl (C=O) groups is 1. The number of aryl methyl sites for hydroxylation is 1. The van der Waals surface area contributed by atoms with Crippen molar-refractivity contribution in [2.24, 2.45) is 4.99 Å². The van der Waals surface area contributed by atoms with Gasteiger partial charge in [-0.25, -0.2) is 0 Å². The summed E-state index contributed by atoms with van der Waals surface area (Å²) in [4.78, 5) is 18.4. The van der Waals surface area contributed by atoms with Gasteiger partial charge in [0.2, 0.25) is 5.91 Å². The molecule has 1 aromatic rings. The maximum Gasteiger partial charge on any atom is 0.222 e. The molecule has 150 valence electrons. The number of hydrogen-bond donors (Lipinski definition) is 2. The number of likely N-dealkylation sites (tertiary alicyclic amines) is 1. The van der Waals surface area contributed by atoms with Crippen LogP contribution < -0.4 is 10.6 Å². The van der Waals surface area contributed by atoms with Gasteiger partial charge < -0.3 is 20.1 Å². The Labute approximate surface area is 161 Å². The van der Waals surface area contributed by atoms with Crippen molar-refractivity contribution < 1.29 is 4.79 Å². The molecule has 1 aliphatic heterocycles. The van der Waals surface area contributed by atoms with Crippen molar-refractivity contribution in [1.29, 1.82) is 0 Å². The molecule has 0 radical (unpaired) electrons. The largest absolute Gasteiger partial charge is 0.355 e. The molecule has 27 heavy (non-hydrogen) atoms. The number of aromatic nitrogens is 3. The van der Waals surface area contributed by atoms with Gasteiger partial charge in [-0.15, -0.1) is 10.2 Å². The zero-order chi connectivity index (χ0) is 18.9. The number of nitrogens with one attached hydrogen (secondary N) is 2. The van der Waals surface area contributed by atoms with Gasteiger partial charge in [0.25, 0.3) is 0 Å². The van der Waals surface area contributed by atoms with Crippen LogP contribution in [0, 0.1) is 0 Å². The Morgan fingerprint density at radius 1 is 1.30 bits per heavy atom. The first-order chi connectivity index (χ1) is 13.3. The molecule has 8 heteroatoms. The molecule has 2 heterocycles. The monoisotopic (exact) mass is 375 g/mol. The van der Waals surface area contributed by atoms with Crippen LogP contribution in [0.1, 0.15) is 57.7 Å². The molecular weight excluding hydrogens is 342 g/mol. The van der Waals surface area contributed by atoms with Crippen molar-refractivity contribution in [1.82, 2.24) is 30.3 Å². The summed E-state index contributed by atoms with van der Waals surface area (Å²) < 4.78 is 2.08. The van der Waals surface area contributed by atoms with E-state index in [-0.39, 0.29) is 0 Å². The lowest BCUT2D eigenvalue weighted by Crippen LogP contribution is -2.43. The predicted molar refractivity (Wildman–Crippen MR) is 106 cm³/mol. The number of aliphatic imine (C=N–C) groups is 1. The molecule has 1 aliphatic carbocycles. The van der Waals surface area contributed by atoms with Crippen LogP contribution in [0.4, 0.5) is 0 Å². The van der Waals surface area contributed by atoms with Gasteiger partial charge in [-0.05, 0) is 25.7 Å². The third kappa shape index (κ3) is 5.94. The summed E-state index contributed by atoms with van der Waals surface area (Å²) in [5.41, 5.74) is 0. The first-order valence-electron chi connectivity index (χ1n) is 10.5. The Bertz CT molecular complexity index is 621. The van der Waals surface area contributed by atoms with E-state index < -0.39 is 0 Å². The maximum atomic E-state index is 11.7. The highest BCUT2D eigenvalue weighted by Gasteiger charge is 2.19. The number of amides is 1. The van der Waals surface area contributed by atoms with Gasteiger partial charge in [0.1, 0.15) is 12.2 Å². The third-order valence-electron chi connectivity index (χ3n) is 5.38. The Morgan fingerprint density at radius 2 is 2.15 bits per heavy atom. The van der Waals surface area contributed by atoms with Crippen molar-refractivity contribution >= 4 is 11.9 Å². The number of guanidine groups is 1. The second kappa shape index (κ2) is 10.3. The van der Waals surface area contributed by atoms with Crippen LogP contribution in [0.2, 0.25) is 0 Å². The Kier molecular flexibility index (Phi) is 7.47. The summed E-state index contributed by atoms with van der Waals surface area (Å²) in [6.07, 6.45) is 10.3. The van der Waals surface area contributed by atoms with Crippen LogP contribution in [0.5, 0.6) is 0 Å². The highest BCUT2D eigenvalue weighted by Crippen LogP contribution is 2.17. The van der Waals surface area contributed by atoms with E-state index in [9.17, 15) is 4.79 Å². The summed E-state index contributed by atoms with van der Waals surface area (Å²) in [5.74, 6) is 2.19. The van der Waals surface area contributed by atoms with Crippen molar-refractivity contribution in [2.45, 2.75) is 70.9 Å². The Morgan fingerprint density at radius 3 is 2.89 bits per heavy atom. The zero-order valence-corrected chi connectivity index (χ0v) is 16.5. The summed E-state index contributed by atoms with van der Waals surface area (Å²) >= 11 is 0. The fourth-order valence-corrected chi connectivity index (χ4v) is 3.84. The van der Waals surface area contributed by atoms with Crippen molar-refractivity contribution in [3.8, 4) is 0 Å². The molecule has 1 saturated carbocycles. The molecule has 8 nitrogen and oxygen atoms in total. The quantitative estimate of drug-likeness (QED) is 0.386. The minimum Gasteiger partial charge on any atom is -0.355 e. The van der Waals surface area contributed by atoms with E-state index >= 15 is 0 Å². The van der Waals surface area contributed by atoms with Crippen LogP contribution >= 0.6 is 0 Å². The predicted octanol–water partition coefficient (Wildman–Crippen LogP) is 1.33. The SMILES string of the molecule is CCc1nncn1CCNC(=NCCCN1CCCC1=O)NC1CCCC1. The first-order valence-corrected chi connectivity index (χ1v) is 10.5. The van der Waals surface area contributed by atoms with Crippen molar-refractivity contribution in [3.63, 3.8) is 0 Å². The van der Waals surface area contributed by atoms with Crippen molar-refractivity contribution in [2.75, 3.05) is 26.2 Å². The molecule has 0 unspecified atom stereocenters. The molecule has 0 bridgehead atoms. The third-order valence-corrected chi connectivity index (χ3v) is 5.38. The van der Waals surface area contributed by atoms with Gasteiger partial charge in [-0.1, -0.05) is 19.8 Å². The van der Waals surface area contributed by atoms with Gasteiger partial charge in [0, 0.05) is 51.6 Å². The molecule has 1 aromatic heterocycles. The summed E-state index contributed by atoms with van der Waals surface area (Å²) in [6, 6.07) is 0.525. The molecular formula is C19H33N7O. The van der Waals surface area contributed by atoms with Gasteiger partial charge in [-0.3, -0.25) is 9.79 Å². The highest BCUT2D eigenvalue weighted by molar-refractivity contribution is 5.80. The van der Waals surface area contributed by atoms with Crippen LogP contribution in [-0.2, 0) is 17.8 Å². The lowest BCUT2D eigenvalue weighted by molar-refractivity contribution is -0.127. The smallest absolute Gasteiger partial charge is 0.222 e. The average Bonchev–Trinajstić information content (AvgIpc) is 3.41. The summed E-state index contributed by atoms with van der Waals surface area (Å²) in [5, 5.41) is 15.1. The van der Waals surface area contributed by atoms with E-state index in [1.807, 2.05) is 4.90 Å². The number of carbonyl (C=O) groups excluding carboxylic acids is 1. The lowest BCUT2D eigenvalue weighted by atomic mass is 10.2. The minimum atomic E-state index is 0.294. The van der Waals surface area contributed by atoms with E-state index in [1.54, 1.807) is 6.33 Å². The maximum absolute atomic E-state index is 11.7. The van der Waals surface area contributed by atoms with E-state index in [0.717, 1.165) is 63.8 Å². The van der Waals surface area contributed by atoms with Gasteiger partial charge >= 0.3 is 0 Å². The molecule has 2 N–H and O–H groups in total. The number of nitrogens with zero attached hydrogens (tertiary/aromatic N) is 5. The Balaban J connectivity index is 1.46. The fourth-order valence-electron chi connectivity index (χ4n) is 3.84. The molecule has 0 spiro atoms. The summed E-state index contributed by atoms with van der Waals surface area (Å²) in [7, 11) is 0. The molecule has 0 atom stereocenters. The van der Waals surface area contributed by atoms with E-state index in [2.05, 4.69) is 32.3 Å². The normalized spacial score (nSPS) is 18.5. The molecule has 1 saturated heterocycles. The van der Waals surface area contributed by atoms with Crippen LogP contribution in [-0.4, -0.2) is 63.8 Å². The van der Waals surface area contributed by atoms with Crippen LogP contribution in [0.15, 0.2) is 11.3 Å². The van der Waals surface area contributed by atoms with Crippen molar-refractivity contribution in [3.05, 3.63) is 12.2 Å². The second-order valence-electron chi connectivity index (χ2n) is 7.41. The van der Waals surface area contributed by atoms with E-state index in [4.69, 9.17) is 4.99 Å². The van der Waals surface area contributed by atoms with Gasteiger partial charge in [0.15, 0.2) is 5.96 Å². The fraction of sp³-hybridized carbons (Fsp3) is 0.789. The van der Waals surface area contributed by atoms with Crippen LogP contribution in [0.25, 0.3) is 0 Å². The second-order valence-corrected chi connectivity index (χ2v) is 7.41. The Hall–Kier alpha value is -2.12.